The van der Waals surface area contributed by atoms with E-state index < -0.39 is 0 Å². The number of fused-ring (bicyclic) bond motifs is 2. The fourth-order valence-electron chi connectivity index (χ4n) is 3.16. The summed E-state index contributed by atoms with van der Waals surface area (Å²) in [6.45, 7) is 0.422. The second-order valence-electron chi connectivity index (χ2n) is 6.33. The smallest absolute Gasteiger partial charge is 0.220 e. The molecule has 0 saturated heterocycles. The molecule has 2 N–H and O–H groups in total. The van der Waals surface area contributed by atoms with Crippen molar-refractivity contribution >= 4 is 34.1 Å². The van der Waals surface area contributed by atoms with E-state index in [4.69, 9.17) is 11.6 Å². The highest BCUT2D eigenvalue weighted by atomic mass is 35.5. The van der Waals surface area contributed by atoms with Gasteiger partial charge in [0.05, 0.1) is 17.3 Å². The third-order valence-corrected chi connectivity index (χ3v) is 4.68. The molecule has 3 heterocycles. The lowest BCUT2D eigenvalue weighted by atomic mass is 10.1. The average Bonchev–Trinajstić information content (AvgIpc) is 3.23. The zero-order valence-corrected chi connectivity index (χ0v) is 15.0. The summed E-state index contributed by atoms with van der Waals surface area (Å²) in [5.41, 5.74) is 4.03. The first-order valence-electron chi connectivity index (χ1n) is 8.64. The van der Waals surface area contributed by atoms with Gasteiger partial charge in [-0.3, -0.25) is 4.79 Å². The molecule has 0 radical (unpaired) electrons. The van der Waals surface area contributed by atoms with Crippen LogP contribution in [-0.2, 0) is 17.8 Å². The molecule has 3 aromatic heterocycles. The van der Waals surface area contributed by atoms with Gasteiger partial charge in [-0.15, -0.1) is 0 Å². The maximum absolute atomic E-state index is 12.1. The van der Waals surface area contributed by atoms with Crippen LogP contribution in [0.4, 0.5) is 0 Å². The van der Waals surface area contributed by atoms with E-state index in [9.17, 15) is 4.79 Å². The van der Waals surface area contributed by atoms with Crippen molar-refractivity contribution in [1.29, 1.82) is 0 Å². The standard InChI is InChI=1S/C20H19ClN4O/c21-15-8-9-19-24-16(13-25(19)12-15)11-23-20(26)7-3-4-14-10-22-18-6-2-1-5-17(14)18/h1-2,5-6,8-10,12-13,22H,3-4,7,11H2,(H,23,26). The number of pyridine rings is 1. The molecule has 5 nitrogen and oxygen atoms in total. The monoisotopic (exact) mass is 366 g/mol. The van der Waals surface area contributed by atoms with E-state index in [0.717, 1.165) is 29.7 Å². The second-order valence-corrected chi connectivity index (χ2v) is 6.77. The summed E-state index contributed by atoms with van der Waals surface area (Å²) in [5.74, 6) is 0.0416. The number of hydrogen-bond donors (Lipinski definition) is 2. The summed E-state index contributed by atoms with van der Waals surface area (Å²) >= 11 is 5.97. The Labute approximate surface area is 156 Å². The molecular formula is C20H19ClN4O. The summed E-state index contributed by atoms with van der Waals surface area (Å²) in [6.07, 6.45) is 7.91. The van der Waals surface area contributed by atoms with Gasteiger partial charge < -0.3 is 14.7 Å². The van der Waals surface area contributed by atoms with Crippen LogP contribution < -0.4 is 5.32 Å². The van der Waals surface area contributed by atoms with Crippen LogP contribution in [0.5, 0.6) is 0 Å². The molecule has 0 aliphatic carbocycles. The molecule has 0 bridgehead atoms. The molecular weight excluding hydrogens is 348 g/mol. The Kier molecular flexibility index (Phi) is 4.63. The summed E-state index contributed by atoms with van der Waals surface area (Å²) in [5, 5.41) is 4.82. The minimum atomic E-state index is 0.0416. The number of carbonyl (C=O) groups excluding carboxylic acids is 1. The normalized spacial score (nSPS) is 11.3. The van der Waals surface area contributed by atoms with Crippen molar-refractivity contribution in [2.24, 2.45) is 0 Å². The van der Waals surface area contributed by atoms with Gasteiger partial charge in [0.2, 0.25) is 5.91 Å². The molecule has 0 unspecified atom stereocenters. The Hall–Kier alpha value is -2.79. The highest BCUT2D eigenvalue weighted by Gasteiger charge is 2.07. The van der Waals surface area contributed by atoms with Gasteiger partial charge in [-0.2, -0.15) is 0 Å². The summed E-state index contributed by atoms with van der Waals surface area (Å²) in [4.78, 5) is 19.8. The molecule has 1 amide bonds. The Balaban J connectivity index is 1.28. The second kappa shape index (κ2) is 7.22. The van der Waals surface area contributed by atoms with E-state index in [0.29, 0.717) is 18.0 Å². The predicted molar refractivity (Wildman–Crippen MR) is 103 cm³/mol. The number of H-pyrrole nitrogens is 1. The lowest BCUT2D eigenvalue weighted by Gasteiger charge is -2.03. The first-order chi connectivity index (χ1) is 12.7. The van der Waals surface area contributed by atoms with E-state index in [1.165, 1.54) is 10.9 Å². The number of imidazole rings is 1. The van der Waals surface area contributed by atoms with Crippen LogP contribution in [0.3, 0.4) is 0 Å². The number of aromatic amines is 1. The molecule has 4 aromatic rings. The lowest BCUT2D eigenvalue weighted by molar-refractivity contribution is -0.121. The van der Waals surface area contributed by atoms with Crippen molar-refractivity contribution in [2.45, 2.75) is 25.8 Å². The van der Waals surface area contributed by atoms with Gasteiger partial charge in [-0.05, 0) is 36.6 Å². The Morgan fingerprint density at radius 3 is 3.00 bits per heavy atom. The summed E-state index contributed by atoms with van der Waals surface area (Å²) < 4.78 is 1.86. The van der Waals surface area contributed by atoms with E-state index in [1.54, 1.807) is 12.3 Å². The molecule has 0 atom stereocenters. The zero-order valence-electron chi connectivity index (χ0n) is 14.2. The third kappa shape index (κ3) is 3.58. The van der Waals surface area contributed by atoms with E-state index in [2.05, 4.69) is 27.4 Å². The number of rotatable bonds is 6. The SMILES string of the molecule is O=C(CCCc1c[nH]c2ccccc12)NCc1cn2cc(Cl)ccc2n1. The van der Waals surface area contributed by atoms with Gasteiger partial charge >= 0.3 is 0 Å². The molecule has 26 heavy (non-hydrogen) atoms. The van der Waals surface area contributed by atoms with Gasteiger partial charge in [0.25, 0.3) is 0 Å². The number of nitrogens with one attached hydrogen (secondary N) is 2. The fraction of sp³-hybridized carbons (Fsp3) is 0.200. The average molecular weight is 367 g/mol. The number of amides is 1. The first kappa shape index (κ1) is 16.7. The van der Waals surface area contributed by atoms with E-state index in [-0.39, 0.29) is 5.91 Å². The lowest BCUT2D eigenvalue weighted by Crippen LogP contribution is -2.22. The number of aromatic nitrogens is 3. The van der Waals surface area contributed by atoms with Crippen LogP contribution in [-0.4, -0.2) is 20.3 Å². The van der Waals surface area contributed by atoms with E-state index >= 15 is 0 Å². The number of nitrogens with zero attached hydrogens (tertiary/aromatic N) is 2. The van der Waals surface area contributed by atoms with Crippen LogP contribution in [0.25, 0.3) is 16.6 Å². The quantitative estimate of drug-likeness (QED) is 0.539. The molecule has 6 heteroatoms. The van der Waals surface area contributed by atoms with Gasteiger partial charge in [-0.25, -0.2) is 4.98 Å². The van der Waals surface area contributed by atoms with Crippen molar-refractivity contribution in [3.63, 3.8) is 0 Å². The topological polar surface area (TPSA) is 62.2 Å². The first-order valence-corrected chi connectivity index (χ1v) is 9.02. The Bertz CT molecular complexity index is 1070. The largest absolute Gasteiger partial charge is 0.361 e. The molecule has 1 aromatic carbocycles. The van der Waals surface area contributed by atoms with Crippen molar-refractivity contribution in [1.82, 2.24) is 19.7 Å². The summed E-state index contributed by atoms with van der Waals surface area (Å²) in [6, 6.07) is 11.9. The summed E-state index contributed by atoms with van der Waals surface area (Å²) in [7, 11) is 0. The number of halogens is 1. The maximum Gasteiger partial charge on any atom is 0.220 e. The highest BCUT2D eigenvalue weighted by Crippen LogP contribution is 2.19. The molecule has 0 spiro atoms. The third-order valence-electron chi connectivity index (χ3n) is 4.46. The molecule has 0 saturated carbocycles. The van der Waals surface area contributed by atoms with Crippen molar-refractivity contribution < 1.29 is 4.79 Å². The molecule has 4 rings (SSSR count). The van der Waals surface area contributed by atoms with Crippen molar-refractivity contribution in [3.8, 4) is 0 Å². The van der Waals surface area contributed by atoms with Crippen molar-refractivity contribution in [2.75, 3.05) is 0 Å². The molecule has 0 aliphatic rings. The Morgan fingerprint density at radius 2 is 2.08 bits per heavy atom. The number of benzene rings is 1. The van der Waals surface area contributed by atoms with E-state index in [1.807, 2.05) is 35.0 Å². The maximum atomic E-state index is 12.1. The fourth-order valence-corrected chi connectivity index (χ4v) is 3.33. The van der Waals surface area contributed by atoms with Gasteiger partial charge in [0, 0.05) is 35.9 Å². The van der Waals surface area contributed by atoms with Crippen molar-refractivity contribution in [3.05, 3.63) is 71.3 Å². The number of carbonyl (C=O) groups is 1. The van der Waals surface area contributed by atoms with Crippen LogP contribution in [0.2, 0.25) is 5.02 Å². The van der Waals surface area contributed by atoms with Crippen LogP contribution in [0, 0.1) is 0 Å². The van der Waals surface area contributed by atoms with Gasteiger partial charge in [0.1, 0.15) is 5.65 Å². The van der Waals surface area contributed by atoms with Gasteiger partial charge in [-0.1, -0.05) is 29.8 Å². The minimum absolute atomic E-state index is 0.0416. The van der Waals surface area contributed by atoms with Gasteiger partial charge in [0.15, 0.2) is 0 Å². The van der Waals surface area contributed by atoms with Crippen LogP contribution in [0.1, 0.15) is 24.1 Å². The van der Waals surface area contributed by atoms with Crippen LogP contribution in [0.15, 0.2) is 55.0 Å². The molecule has 132 valence electrons. The molecule has 0 fully saturated rings. The number of para-hydroxylation sites is 1. The zero-order chi connectivity index (χ0) is 17.9. The Morgan fingerprint density at radius 1 is 1.19 bits per heavy atom. The number of aryl methyl sites for hydroxylation is 1. The molecule has 0 aliphatic heterocycles. The highest BCUT2D eigenvalue weighted by molar-refractivity contribution is 6.30. The van der Waals surface area contributed by atoms with Crippen LogP contribution >= 0.6 is 11.6 Å². The predicted octanol–water partition coefficient (Wildman–Crippen LogP) is 4.11. The number of hydrogen-bond acceptors (Lipinski definition) is 2. The minimum Gasteiger partial charge on any atom is -0.361 e.